The molecule has 0 radical (unpaired) electrons. The van der Waals surface area contributed by atoms with Crippen molar-refractivity contribution in [3.63, 3.8) is 0 Å². The van der Waals surface area contributed by atoms with Crippen LogP contribution >= 0.6 is 23.2 Å². The normalized spacial score (nSPS) is 10.8. The number of nitrogens with one attached hydrogen (secondary N) is 1. The molecule has 2 aromatic carbocycles. The number of hydrogen-bond acceptors (Lipinski definition) is 6. The highest BCUT2D eigenvalue weighted by molar-refractivity contribution is 6.43. The summed E-state index contributed by atoms with van der Waals surface area (Å²) in [6, 6.07) is 13.1. The first kappa shape index (κ1) is 16.6. The van der Waals surface area contributed by atoms with E-state index < -0.39 is 0 Å². The smallest absolute Gasteiger partial charge is 0.248 e. The summed E-state index contributed by atoms with van der Waals surface area (Å²) in [4.78, 5) is 4.21. The van der Waals surface area contributed by atoms with Gasteiger partial charge in [0, 0.05) is 12.1 Å². The maximum Gasteiger partial charge on any atom is 0.248 e. The summed E-state index contributed by atoms with van der Waals surface area (Å²) in [6.07, 6.45) is 3.16. The van der Waals surface area contributed by atoms with Crippen LogP contribution in [0.4, 0.5) is 5.95 Å². The summed E-state index contributed by atoms with van der Waals surface area (Å²) >= 11 is 12.4. The Morgan fingerprint density at radius 3 is 2.81 bits per heavy atom. The molecule has 0 amide bonds. The van der Waals surface area contributed by atoms with Crippen molar-refractivity contribution in [3.8, 4) is 17.1 Å². The van der Waals surface area contributed by atoms with E-state index in [1.165, 1.54) is 4.68 Å². The molecule has 0 aliphatic heterocycles. The fraction of sp³-hybridized carbons (Fsp3) is 0.0588. The quantitative estimate of drug-likeness (QED) is 0.552. The number of halogens is 2. The van der Waals surface area contributed by atoms with Crippen molar-refractivity contribution in [2.24, 2.45) is 0 Å². The van der Waals surface area contributed by atoms with E-state index in [2.05, 4.69) is 25.8 Å². The van der Waals surface area contributed by atoms with Crippen molar-refractivity contribution >= 4 is 29.2 Å². The van der Waals surface area contributed by atoms with Gasteiger partial charge in [0.15, 0.2) is 0 Å². The SMILES string of the molecule is Clc1cccc(-n2nnnc2NCc2ccccc2-c2ncco2)c1Cl. The van der Waals surface area contributed by atoms with Crippen molar-refractivity contribution in [2.75, 3.05) is 5.32 Å². The number of benzene rings is 2. The van der Waals surface area contributed by atoms with Crippen molar-refractivity contribution in [1.82, 2.24) is 25.2 Å². The summed E-state index contributed by atoms with van der Waals surface area (Å²) in [5.74, 6) is 0.997. The first-order valence-electron chi connectivity index (χ1n) is 7.68. The third-order valence-corrected chi connectivity index (χ3v) is 4.55. The third kappa shape index (κ3) is 3.14. The van der Waals surface area contributed by atoms with Gasteiger partial charge < -0.3 is 9.73 Å². The number of tetrazole rings is 1. The number of anilines is 1. The van der Waals surface area contributed by atoms with Crippen LogP contribution in [-0.2, 0) is 6.54 Å². The van der Waals surface area contributed by atoms with Crippen LogP contribution in [0.1, 0.15) is 5.56 Å². The van der Waals surface area contributed by atoms with E-state index in [-0.39, 0.29) is 0 Å². The highest BCUT2D eigenvalue weighted by Gasteiger charge is 2.14. The van der Waals surface area contributed by atoms with Gasteiger partial charge in [-0.3, -0.25) is 0 Å². The number of nitrogens with zero attached hydrogens (tertiary/aromatic N) is 5. The monoisotopic (exact) mass is 386 g/mol. The molecule has 26 heavy (non-hydrogen) atoms. The van der Waals surface area contributed by atoms with Gasteiger partial charge in [0.05, 0.1) is 21.9 Å². The Labute approximate surface area is 158 Å². The number of aromatic nitrogens is 5. The zero-order valence-electron chi connectivity index (χ0n) is 13.3. The molecule has 9 heteroatoms. The molecular weight excluding hydrogens is 375 g/mol. The van der Waals surface area contributed by atoms with Crippen molar-refractivity contribution in [3.05, 3.63) is 70.5 Å². The largest absolute Gasteiger partial charge is 0.445 e. The topological polar surface area (TPSA) is 81.7 Å². The van der Waals surface area contributed by atoms with Gasteiger partial charge in [0.2, 0.25) is 11.8 Å². The molecule has 0 aliphatic carbocycles. The number of rotatable bonds is 5. The van der Waals surface area contributed by atoms with Gasteiger partial charge in [-0.1, -0.05) is 52.6 Å². The summed E-state index contributed by atoms with van der Waals surface area (Å²) in [6.45, 7) is 0.469. The number of oxazole rings is 1. The molecule has 0 unspecified atom stereocenters. The molecule has 0 atom stereocenters. The molecule has 4 rings (SSSR count). The molecule has 0 saturated heterocycles. The minimum atomic E-state index is 0.379. The molecule has 0 bridgehead atoms. The molecule has 0 spiro atoms. The molecular formula is C17H12Cl2N6O. The van der Waals surface area contributed by atoms with E-state index in [1.54, 1.807) is 30.7 Å². The zero-order valence-corrected chi connectivity index (χ0v) is 14.8. The maximum absolute atomic E-state index is 6.27. The fourth-order valence-corrected chi connectivity index (χ4v) is 2.91. The molecule has 7 nitrogen and oxygen atoms in total. The summed E-state index contributed by atoms with van der Waals surface area (Å²) < 4.78 is 6.90. The van der Waals surface area contributed by atoms with Gasteiger partial charge in [0.25, 0.3) is 0 Å². The Hall–Kier alpha value is -2.90. The molecule has 0 saturated carbocycles. The molecule has 130 valence electrons. The van der Waals surface area contributed by atoms with Crippen molar-refractivity contribution < 1.29 is 4.42 Å². The fourth-order valence-electron chi connectivity index (χ4n) is 2.53. The van der Waals surface area contributed by atoms with E-state index in [1.807, 2.05) is 24.3 Å². The Morgan fingerprint density at radius 1 is 1.08 bits per heavy atom. The molecule has 1 N–H and O–H groups in total. The average molecular weight is 387 g/mol. The van der Waals surface area contributed by atoms with Gasteiger partial charge in [-0.2, -0.15) is 4.68 Å². The molecule has 4 aromatic rings. The lowest BCUT2D eigenvalue weighted by atomic mass is 10.1. The lowest BCUT2D eigenvalue weighted by Gasteiger charge is -2.10. The van der Waals surface area contributed by atoms with Gasteiger partial charge in [-0.05, 0) is 34.2 Å². The van der Waals surface area contributed by atoms with E-state index in [4.69, 9.17) is 27.6 Å². The Morgan fingerprint density at radius 2 is 1.96 bits per heavy atom. The van der Waals surface area contributed by atoms with Gasteiger partial charge >= 0.3 is 0 Å². The highest BCUT2D eigenvalue weighted by atomic mass is 35.5. The van der Waals surface area contributed by atoms with Crippen molar-refractivity contribution in [1.29, 1.82) is 0 Å². The average Bonchev–Trinajstić information content (AvgIpc) is 3.34. The van der Waals surface area contributed by atoms with Crippen LogP contribution in [-0.4, -0.2) is 25.2 Å². The third-order valence-electron chi connectivity index (χ3n) is 3.75. The second-order valence-corrected chi connectivity index (χ2v) is 6.12. The summed E-state index contributed by atoms with van der Waals surface area (Å²) in [5, 5.41) is 15.8. The second-order valence-electron chi connectivity index (χ2n) is 5.34. The Balaban J connectivity index is 1.62. The maximum atomic E-state index is 6.27. The van der Waals surface area contributed by atoms with Gasteiger partial charge in [-0.25, -0.2) is 4.98 Å². The standard InChI is InChI=1S/C17H12Cl2N6O/c18-13-6-3-7-14(15(13)19)25-17(22-23-24-25)21-10-11-4-1-2-5-12(11)16-20-8-9-26-16/h1-9H,10H2,(H,21,22,24). The van der Waals surface area contributed by atoms with Crippen LogP contribution in [0.2, 0.25) is 10.0 Å². The molecule has 0 aliphatic rings. The van der Waals surface area contributed by atoms with Crippen LogP contribution in [0.3, 0.4) is 0 Å². The van der Waals surface area contributed by atoms with Crippen molar-refractivity contribution in [2.45, 2.75) is 6.54 Å². The zero-order chi connectivity index (χ0) is 17.9. The molecule has 2 aromatic heterocycles. The Kier molecular flexibility index (Phi) is 4.55. The summed E-state index contributed by atoms with van der Waals surface area (Å²) in [7, 11) is 0. The Bertz CT molecular complexity index is 1030. The van der Waals surface area contributed by atoms with Crippen LogP contribution in [0, 0.1) is 0 Å². The second kappa shape index (κ2) is 7.15. The van der Waals surface area contributed by atoms with E-state index in [9.17, 15) is 0 Å². The predicted molar refractivity (Wildman–Crippen MR) is 98.4 cm³/mol. The lowest BCUT2D eigenvalue weighted by Crippen LogP contribution is -2.08. The van der Waals surface area contributed by atoms with Crippen LogP contribution < -0.4 is 5.32 Å². The van der Waals surface area contributed by atoms with E-state index in [0.29, 0.717) is 34.1 Å². The van der Waals surface area contributed by atoms with Gasteiger partial charge in [0.1, 0.15) is 6.26 Å². The lowest BCUT2D eigenvalue weighted by molar-refractivity contribution is 0.574. The highest BCUT2D eigenvalue weighted by Crippen LogP contribution is 2.29. The van der Waals surface area contributed by atoms with Crippen LogP contribution in [0.15, 0.2) is 59.3 Å². The van der Waals surface area contributed by atoms with Crippen LogP contribution in [0.5, 0.6) is 0 Å². The van der Waals surface area contributed by atoms with Gasteiger partial charge in [-0.15, -0.1) is 0 Å². The van der Waals surface area contributed by atoms with E-state index >= 15 is 0 Å². The van der Waals surface area contributed by atoms with E-state index in [0.717, 1.165) is 11.1 Å². The first-order valence-corrected chi connectivity index (χ1v) is 8.44. The number of hydrogen-bond donors (Lipinski definition) is 1. The predicted octanol–water partition coefficient (Wildman–Crippen LogP) is 4.24. The minimum Gasteiger partial charge on any atom is -0.445 e. The first-order chi connectivity index (χ1) is 12.7. The van der Waals surface area contributed by atoms with Crippen LogP contribution in [0.25, 0.3) is 17.1 Å². The summed E-state index contributed by atoms with van der Waals surface area (Å²) in [5.41, 5.74) is 2.47. The molecule has 0 fully saturated rings. The minimum absolute atomic E-state index is 0.379. The molecule has 2 heterocycles.